The molecule has 0 amide bonds. The second-order valence-corrected chi connectivity index (χ2v) is 6.37. The summed E-state index contributed by atoms with van der Waals surface area (Å²) in [5.74, 6) is 2.99. The Morgan fingerprint density at radius 1 is 0.923 bits per heavy atom. The number of nitrogens with one attached hydrogen (secondary N) is 2. The molecule has 0 spiro atoms. The lowest BCUT2D eigenvalue weighted by atomic mass is 10.2. The smallest absolute Gasteiger partial charge is 0.163 e. The van der Waals surface area contributed by atoms with Gasteiger partial charge in [0.05, 0.1) is 0 Å². The van der Waals surface area contributed by atoms with E-state index in [0.717, 1.165) is 15.9 Å². The number of nitrogens with zero attached hydrogens (tertiary/aromatic N) is 3. The highest BCUT2D eigenvalue weighted by Crippen LogP contribution is 2.35. The molecule has 0 saturated carbocycles. The van der Waals surface area contributed by atoms with E-state index in [1.807, 2.05) is 30.3 Å². The van der Waals surface area contributed by atoms with Gasteiger partial charge < -0.3 is 25.8 Å². The van der Waals surface area contributed by atoms with Gasteiger partial charge in [0.15, 0.2) is 23.1 Å². The Morgan fingerprint density at radius 2 is 1.69 bits per heavy atom. The Morgan fingerprint density at radius 3 is 2.46 bits per heavy atom. The molecule has 132 valence electrons. The minimum Gasteiger partial charge on any atom is -0.486 e. The summed E-state index contributed by atoms with van der Waals surface area (Å²) in [5, 5.41) is 6.26. The third-order valence-corrected chi connectivity index (χ3v) is 4.13. The zero-order valence-corrected chi connectivity index (χ0v) is 15.2. The minimum atomic E-state index is 0.382. The number of pyridine rings is 1. The fourth-order valence-corrected chi connectivity index (χ4v) is 2.66. The summed E-state index contributed by atoms with van der Waals surface area (Å²) in [6.45, 7) is 1.08. The molecule has 0 atom stereocenters. The topological polar surface area (TPSA) is 107 Å². The van der Waals surface area contributed by atoms with Crippen LogP contribution < -0.4 is 25.8 Å². The molecule has 4 N–H and O–H groups in total. The van der Waals surface area contributed by atoms with Gasteiger partial charge in [-0.1, -0.05) is 0 Å². The second kappa shape index (κ2) is 7.04. The first-order chi connectivity index (χ1) is 12.7. The summed E-state index contributed by atoms with van der Waals surface area (Å²) < 4.78 is 12.0. The van der Waals surface area contributed by atoms with Crippen molar-refractivity contribution < 1.29 is 9.47 Å². The van der Waals surface area contributed by atoms with Crippen molar-refractivity contribution in [2.24, 2.45) is 0 Å². The molecule has 4 rings (SSSR count). The number of ether oxygens (including phenoxy) is 2. The van der Waals surface area contributed by atoms with E-state index in [4.69, 9.17) is 15.2 Å². The van der Waals surface area contributed by atoms with Gasteiger partial charge in [-0.3, -0.25) is 0 Å². The van der Waals surface area contributed by atoms with Crippen LogP contribution in [0, 0.1) is 0 Å². The van der Waals surface area contributed by atoms with Crippen LogP contribution >= 0.6 is 15.9 Å². The number of rotatable bonds is 4. The maximum atomic E-state index is 6.20. The van der Waals surface area contributed by atoms with Crippen molar-refractivity contribution in [2.75, 3.05) is 29.6 Å². The third-order valence-electron chi connectivity index (χ3n) is 3.66. The Bertz CT molecular complexity index is 935. The maximum Gasteiger partial charge on any atom is 0.163 e. The average molecular weight is 415 g/mol. The van der Waals surface area contributed by atoms with Gasteiger partial charge in [0, 0.05) is 22.4 Å². The summed E-state index contributed by atoms with van der Waals surface area (Å²) in [6, 6.07) is 9.26. The van der Waals surface area contributed by atoms with Crippen molar-refractivity contribution in [3.63, 3.8) is 0 Å². The van der Waals surface area contributed by atoms with Crippen molar-refractivity contribution in [3.05, 3.63) is 47.3 Å². The third kappa shape index (κ3) is 3.47. The molecule has 1 aromatic carbocycles. The van der Waals surface area contributed by atoms with Crippen molar-refractivity contribution >= 4 is 44.8 Å². The highest BCUT2D eigenvalue weighted by atomic mass is 79.9. The zero-order valence-electron chi connectivity index (χ0n) is 13.6. The van der Waals surface area contributed by atoms with Gasteiger partial charge in [-0.2, -0.15) is 0 Å². The molecule has 1 aliphatic heterocycles. The van der Waals surface area contributed by atoms with Crippen LogP contribution in [0.2, 0.25) is 0 Å². The van der Waals surface area contributed by atoms with Gasteiger partial charge in [0.25, 0.3) is 0 Å². The van der Waals surface area contributed by atoms with E-state index < -0.39 is 0 Å². The van der Waals surface area contributed by atoms with Crippen molar-refractivity contribution in [2.45, 2.75) is 0 Å². The zero-order chi connectivity index (χ0) is 17.9. The molecule has 0 fully saturated rings. The van der Waals surface area contributed by atoms with Crippen LogP contribution in [0.15, 0.2) is 47.3 Å². The quantitative estimate of drug-likeness (QED) is 0.595. The summed E-state index contributed by atoms with van der Waals surface area (Å²) in [7, 11) is 0. The van der Waals surface area contributed by atoms with Gasteiger partial charge in [-0.05, 0) is 40.2 Å². The summed E-state index contributed by atoms with van der Waals surface area (Å²) in [6.07, 6.45) is 3.12. The largest absolute Gasteiger partial charge is 0.486 e. The van der Waals surface area contributed by atoms with Gasteiger partial charge >= 0.3 is 0 Å². The lowest BCUT2D eigenvalue weighted by molar-refractivity contribution is 0.171. The number of nitrogens with two attached hydrogens (primary N) is 1. The Balaban J connectivity index is 1.56. The van der Waals surface area contributed by atoms with E-state index >= 15 is 0 Å². The van der Waals surface area contributed by atoms with E-state index in [2.05, 4.69) is 41.5 Å². The van der Waals surface area contributed by atoms with Crippen molar-refractivity contribution in [1.29, 1.82) is 0 Å². The molecule has 0 bridgehead atoms. The molecular formula is C17H15BrN6O2. The second-order valence-electron chi connectivity index (χ2n) is 5.45. The first kappa shape index (κ1) is 16.4. The van der Waals surface area contributed by atoms with Crippen molar-refractivity contribution in [1.82, 2.24) is 15.0 Å². The normalized spacial score (nSPS) is 12.5. The number of nitrogen functional groups attached to an aromatic ring is 1. The molecule has 0 aliphatic carbocycles. The van der Waals surface area contributed by atoms with E-state index in [9.17, 15) is 0 Å². The van der Waals surface area contributed by atoms with Crippen LogP contribution in [-0.2, 0) is 0 Å². The number of anilines is 5. The Hall–Kier alpha value is -3.07. The minimum absolute atomic E-state index is 0.382. The number of benzene rings is 1. The highest BCUT2D eigenvalue weighted by Gasteiger charge is 2.14. The molecule has 26 heavy (non-hydrogen) atoms. The van der Waals surface area contributed by atoms with Crippen LogP contribution in [0.1, 0.15) is 0 Å². The van der Waals surface area contributed by atoms with Gasteiger partial charge in [-0.25, -0.2) is 15.0 Å². The molecule has 9 heteroatoms. The number of fused-ring (bicyclic) bond motifs is 1. The number of halogens is 1. The summed E-state index contributed by atoms with van der Waals surface area (Å²) in [5.41, 5.74) is 7.37. The van der Waals surface area contributed by atoms with Crippen LogP contribution in [0.25, 0.3) is 0 Å². The lowest BCUT2D eigenvalue weighted by Gasteiger charge is -2.19. The van der Waals surface area contributed by atoms with E-state index in [-0.39, 0.29) is 0 Å². The first-order valence-electron chi connectivity index (χ1n) is 7.85. The first-order valence-corrected chi connectivity index (χ1v) is 8.64. The molecule has 3 aromatic rings. The lowest BCUT2D eigenvalue weighted by Crippen LogP contribution is -2.15. The summed E-state index contributed by atoms with van der Waals surface area (Å²) in [4.78, 5) is 12.7. The average Bonchev–Trinajstić information content (AvgIpc) is 2.67. The molecule has 2 aromatic heterocycles. The molecule has 8 nitrogen and oxygen atoms in total. The number of hydrogen-bond acceptors (Lipinski definition) is 8. The standard InChI is InChI=1S/C17H15BrN6O2/c18-10-1-4-14(20-8-10)24-17-15(19)16(21-9-22-17)23-11-2-3-12-13(7-11)26-6-5-25-12/h1-4,7-9H,5-6,19H2,(H2,20,21,22,23,24). The highest BCUT2D eigenvalue weighted by molar-refractivity contribution is 9.10. The van der Waals surface area contributed by atoms with Crippen LogP contribution in [0.5, 0.6) is 11.5 Å². The molecular weight excluding hydrogens is 400 g/mol. The van der Waals surface area contributed by atoms with Crippen molar-refractivity contribution in [3.8, 4) is 11.5 Å². The number of aromatic nitrogens is 3. The van der Waals surface area contributed by atoms with E-state index in [1.54, 1.807) is 6.20 Å². The monoisotopic (exact) mass is 414 g/mol. The van der Waals surface area contributed by atoms with E-state index in [1.165, 1.54) is 6.33 Å². The van der Waals surface area contributed by atoms with Crippen LogP contribution in [0.3, 0.4) is 0 Å². The Kier molecular flexibility index (Phi) is 4.44. The van der Waals surface area contributed by atoms with E-state index in [0.29, 0.717) is 42.1 Å². The molecule has 0 unspecified atom stereocenters. The summed E-state index contributed by atoms with van der Waals surface area (Å²) >= 11 is 3.35. The fraction of sp³-hybridized carbons (Fsp3) is 0.118. The van der Waals surface area contributed by atoms with Gasteiger partial charge in [0.1, 0.15) is 31.0 Å². The molecule has 0 radical (unpaired) electrons. The Labute approximate surface area is 157 Å². The van der Waals surface area contributed by atoms with Crippen LogP contribution in [0.4, 0.5) is 28.8 Å². The molecule has 3 heterocycles. The maximum absolute atomic E-state index is 6.20. The molecule has 0 saturated heterocycles. The molecule has 1 aliphatic rings. The fourth-order valence-electron chi connectivity index (χ4n) is 2.42. The van der Waals surface area contributed by atoms with Gasteiger partial charge in [-0.15, -0.1) is 0 Å². The predicted octanol–water partition coefficient (Wildman–Crippen LogP) is 3.47. The SMILES string of the molecule is Nc1c(Nc2ccc3c(c2)OCCO3)ncnc1Nc1ccc(Br)cn1. The number of hydrogen-bond donors (Lipinski definition) is 3. The van der Waals surface area contributed by atoms with Gasteiger partial charge in [0.2, 0.25) is 0 Å². The predicted molar refractivity (Wildman–Crippen MR) is 102 cm³/mol. The van der Waals surface area contributed by atoms with Crippen LogP contribution in [-0.4, -0.2) is 28.2 Å².